The molecule has 5 aromatic rings. The number of rotatable bonds is 8. The number of fused-ring (bicyclic) bond motifs is 8. The molecule has 2 N–H and O–H groups in total. The molecule has 3 aromatic heterocycles. The maximum atomic E-state index is 6.17. The summed E-state index contributed by atoms with van der Waals surface area (Å²) in [6.07, 6.45) is 3.45. The lowest BCUT2D eigenvalue weighted by atomic mass is 9.90. The van der Waals surface area contributed by atoms with E-state index in [2.05, 4.69) is 126 Å². The van der Waals surface area contributed by atoms with E-state index >= 15 is 0 Å². The minimum Gasteiger partial charge on any atom is -0.354 e. The Morgan fingerprint density at radius 2 is 0.922 bits per heavy atom. The zero-order chi connectivity index (χ0) is 45.2. The number of nitrogens with one attached hydrogen (secondary N) is 2. The fraction of sp³-hybridized carbons (Fsp3) is 0.429. The van der Waals surface area contributed by atoms with Crippen molar-refractivity contribution in [2.75, 3.05) is 26.4 Å². The average molecular weight is 859 g/mol. The minimum atomic E-state index is -0.583. The van der Waals surface area contributed by atoms with E-state index in [1.54, 1.807) is 0 Å². The number of nitrogens with zero attached hydrogens (tertiary/aromatic N) is 2. The Kier molecular flexibility index (Phi) is 11.7. The molecule has 4 aliphatic rings. The van der Waals surface area contributed by atoms with E-state index in [-0.39, 0.29) is 11.8 Å². The van der Waals surface area contributed by atoms with Crippen LogP contribution < -0.4 is 0 Å². The van der Waals surface area contributed by atoms with E-state index in [0.29, 0.717) is 26.4 Å². The molecule has 0 saturated carbocycles. The Morgan fingerprint density at radius 3 is 1.30 bits per heavy atom. The highest BCUT2D eigenvalue weighted by atomic mass is 16.7. The summed E-state index contributed by atoms with van der Waals surface area (Å²) in [5.41, 5.74) is 25.2. The van der Waals surface area contributed by atoms with Crippen molar-refractivity contribution in [3.8, 4) is 22.3 Å². The van der Waals surface area contributed by atoms with Crippen LogP contribution in [0.25, 0.3) is 66.6 Å². The highest BCUT2D eigenvalue weighted by molar-refractivity contribution is 6.03. The van der Waals surface area contributed by atoms with Crippen LogP contribution in [-0.2, 0) is 31.8 Å². The molecule has 0 spiro atoms. The van der Waals surface area contributed by atoms with Gasteiger partial charge in [0.05, 0.1) is 60.2 Å². The Morgan fingerprint density at radius 1 is 0.531 bits per heavy atom. The number of H-pyrrole nitrogens is 2. The average Bonchev–Trinajstić information content (AvgIpc) is 3.96. The highest BCUT2D eigenvalue weighted by Crippen LogP contribution is 2.45. The van der Waals surface area contributed by atoms with E-state index in [1.807, 2.05) is 27.7 Å². The van der Waals surface area contributed by atoms with Crippen molar-refractivity contribution in [3.63, 3.8) is 0 Å². The van der Waals surface area contributed by atoms with Crippen LogP contribution in [-0.4, -0.2) is 57.9 Å². The molecule has 0 aliphatic carbocycles. The number of benzene rings is 2. The standard InChI is InChI=1S/C56H66N4O4/c1-13-41-31(5)51-49(37-21-17-19-35(23-37)39-27-61-55(9,10)62-28-39)52-33(7)43(15-3)47(59-52)26-48-44(16-4)34(8)54(60-48)50(53-32(6)42(14-2)46(58-53)25-45(41)57-51)38-22-18-20-36(24-38)40-29-63-56(11,12)64-30-40/h17-26,39-40,57,59H,13-16,27-30H2,1-12H3. The van der Waals surface area contributed by atoms with Gasteiger partial charge in [-0.2, -0.15) is 0 Å². The summed E-state index contributed by atoms with van der Waals surface area (Å²) >= 11 is 0. The van der Waals surface area contributed by atoms with Crippen LogP contribution in [0.15, 0.2) is 60.7 Å². The van der Waals surface area contributed by atoms with Crippen LogP contribution in [0.2, 0.25) is 0 Å². The third-order valence-corrected chi connectivity index (χ3v) is 14.3. The molecule has 0 atom stereocenters. The van der Waals surface area contributed by atoms with Gasteiger partial charge in [0.25, 0.3) is 0 Å². The fourth-order valence-electron chi connectivity index (χ4n) is 10.5. The topological polar surface area (TPSA) is 94.3 Å². The van der Waals surface area contributed by atoms with E-state index in [1.165, 1.54) is 55.7 Å². The quantitative estimate of drug-likeness (QED) is 0.161. The zero-order valence-corrected chi connectivity index (χ0v) is 40.1. The first-order valence-corrected chi connectivity index (χ1v) is 23.6. The van der Waals surface area contributed by atoms with Gasteiger partial charge in [0, 0.05) is 34.0 Å². The third kappa shape index (κ3) is 7.80. The molecule has 8 heteroatoms. The first-order chi connectivity index (χ1) is 30.6. The second-order valence-corrected chi connectivity index (χ2v) is 19.1. The molecule has 0 amide bonds. The molecule has 2 saturated heterocycles. The lowest BCUT2D eigenvalue weighted by Crippen LogP contribution is -2.38. The largest absolute Gasteiger partial charge is 0.354 e. The smallest absolute Gasteiger partial charge is 0.162 e. The lowest BCUT2D eigenvalue weighted by Gasteiger charge is -2.35. The summed E-state index contributed by atoms with van der Waals surface area (Å²) in [6.45, 7) is 28.5. The summed E-state index contributed by atoms with van der Waals surface area (Å²) < 4.78 is 24.7. The van der Waals surface area contributed by atoms with Gasteiger partial charge >= 0.3 is 0 Å². The van der Waals surface area contributed by atoms with Gasteiger partial charge in [-0.1, -0.05) is 76.2 Å². The predicted molar refractivity (Wildman–Crippen MR) is 263 cm³/mol. The van der Waals surface area contributed by atoms with Crippen LogP contribution >= 0.6 is 0 Å². The molecule has 2 aromatic carbocycles. The van der Waals surface area contributed by atoms with Crippen LogP contribution in [0.3, 0.4) is 0 Å². The second-order valence-electron chi connectivity index (χ2n) is 19.1. The number of aromatic amines is 2. The van der Waals surface area contributed by atoms with Gasteiger partial charge in [-0.3, -0.25) is 0 Å². The van der Waals surface area contributed by atoms with Crippen molar-refractivity contribution >= 4 is 44.4 Å². The number of hydrogen-bond acceptors (Lipinski definition) is 6. The summed E-state index contributed by atoms with van der Waals surface area (Å²) in [7, 11) is 0. The molecule has 0 unspecified atom stereocenters. The number of allylic oxidation sites excluding steroid dienone is 4. The molecule has 9 rings (SSSR count). The van der Waals surface area contributed by atoms with E-state index in [9.17, 15) is 0 Å². The molecular weight excluding hydrogens is 793 g/mol. The van der Waals surface area contributed by atoms with Gasteiger partial charge < -0.3 is 28.9 Å². The number of hydrogen-bond donors (Lipinski definition) is 2. The summed E-state index contributed by atoms with van der Waals surface area (Å²) in [5.74, 6) is -0.909. The van der Waals surface area contributed by atoms with Crippen molar-refractivity contribution < 1.29 is 18.9 Å². The number of aryl methyl sites for hydroxylation is 4. The molecular formula is C56H66N4O4. The minimum absolute atomic E-state index is 0.120. The first kappa shape index (κ1) is 44.1. The third-order valence-electron chi connectivity index (χ3n) is 14.3. The van der Waals surface area contributed by atoms with Gasteiger partial charge in [0.1, 0.15) is 0 Å². The molecule has 0 radical (unpaired) electrons. The van der Waals surface area contributed by atoms with Gasteiger partial charge in [-0.05, 0) is 160 Å². The highest BCUT2D eigenvalue weighted by Gasteiger charge is 2.32. The molecule has 64 heavy (non-hydrogen) atoms. The van der Waals surface area contributed by atoms with Crippen LogP contribution in [0.4, 0.5) is 0 Å². The number of ether oxygens (including phenoxy) is 4. The van der Waals surface area contributed by atoms with E-state index in [4.69, 9.17) is 28.9 Å². The van der Waals surface area contributed by atoms with Crippen LogP contribution in [0.5, 0.6) is 0 Å². The predicted octanol–water partition coefficient (Wildman–Crippen LogP) is 13.8. The van der Waals surface area contributed by atoms with Crippen molar-refractivity contribution in [3.05, 3.63) is 117 Å². The summed E-state index contributed by atoms with van der Waals surface area (Å²) in [5, 5.41) is 0. The SMILES string of the molecule is CCC1=C(C)c2nc1cc1[nH]c(c(C)c1CC)c(-c1cccc(C3COC(C)(C)OC3)c1)c1[nH]c(cc3nc(c2-c2cccc(C4COC(C)(C)OC4)c2)C(C)=C3CC)c(CC)c1C. The van der Waals surface area contributed by atoms with Gasteiger partial charge in [-0.25, -0.2) is 9.97 Å². The molecule has 7 heterocycles. The monoisotopic (exact) mass is 859 g/mol. The van der Waals surface area contributed by atoms with Crippen LogP contribution in [0.1, 0.15) is 150 Å². The fourth-order valence-corrected chi connectivity index (χ4v) is 10.5. The number of aromatic nitrogens is 4. The van der Waals surface area contributed by atoms with Crippen molar-refractivity contribution in [1.29, 1.82) is 0 Å². The molecule has 8 bridgehead atoms. The first-order valence-electron chi connectivity index (χ1n) is 23.6. The molecule has 8 nitrogen and oxygen atoms in total. The lowest BCUT2D eigenvalue weighted by molar-refractivity contribution is -0.251. The molecule has 334 valence electrons. The van der Waals surface area contributed by atoms with Crippen molar-refractivity contribution in [1.82, 2.24) is 19.9 Å². The van der Waals surface area contributed by atoms with Gasteiger partial charge in [-0.15, -0.1) is 0 Å². The Hall–Kier alpha value is -5.12. The van der Waals surface area contributed by atoms with E-state index < -0.39 is 11.6 Å². The Bertz CT molecular complexity index is 2760. The summed E-state index contributed by atoms with van der Waals surface area (Å²) in [6, 6.07) is 22.5. The Labute approximate surface area is 379 Å². The summed E-state index contributed by atoms with van der Waals surface area (Å²) in [4.78, 5) is 19.4. The zero-order valence-electron chi connectivity index (χ0n) is 40.1. The van der Waals surface area contributed by atoms with Crippen molar-refractivity contribution in [2.45, 2.75) is 132 Å². The maximum Gasteiger partial charge on any atom is 0.162 e. The van der Waals surface area contributed by atoms with Crippen LogP contribution in [0, 0.1) is 13.8 Å². The second kappa shape index (κ2) is 17.0. The van der Waals surface area contributed by atoms with E-state index in [0.717, 1.165) is 92.8 Å². The molecule has 2 fully saturated rings. The molecule has 4 aliphatic heterocycles. The van der Waals surface area contributed by atoms with Gasteiger partial charge in [0.15, 0.2) is 11.6 Å². The van der Waals surface area contributed by atoms with Gasteiger partial charge in [0.2, 0.25) is 0 Å². The Balaban J connectivity index is 1.38. The normalized spacial score (nSPS) is 18.1. The maximum absolute atomic E-state index is 6.17. The van der Waals surface area contributed by atoms with Crippen molar-refractivity contribution in [2.24, 2.45) is 0 Å².